The molecule has 1 heterocycles. The third-order valence-electron chi connectivity index (χ3n) is 4.49. The van der Waals surface area contributed by atoms with Crippen LogP contribution in [0.25, 0.3) is 0 Å². The molecule has 142 valence electrons. The first-order chi connectivity index (χ1) is 11.4. The van der Waals surface area contributed by atoms with Gasteiger partial charge < -0.3 is 10.1 Å². The van der Waals surface area contributed by atoms with Crippen LogP contribution in [0.3, 0.4) is 0 Å². The van der Waals surface area contributed by atoms with E-state index in [9.17, 15) is 8.42 Å². The van der Waals surface area contributed by atoms with Crippen LogP contribution in [0.4, 0.5) is 0 Å². The lowest BCUT2D eigenvalue weighted by molar-refractivity contribution is -0.0699. The molecule has 5 nitrogen and oxygen atoms in total. The molecule has 1 aromatic rings. The van der Waals surface area contributed by atoms with Gasteiger partial charge in [-0.25, -0.2) is 13.1 Å². The Morgan fingerprint density at radius 1 is 1.16 bits per heavy atom. The molecule has 1 aromatic carbocycles. The van der Waals surface area contributed by atoms with Crippen LogP contribution < -0.4 is 10.0 Å². The minimum Gasteiger partial charge on any atom is -0.368 e. The van der Waals surface area contributed by atoms with E-state index in [2.05, 4.69) is 37.7 Å². The van der Waals surface area contributed by atoms with Crippen LogP contribution in [0.15, 0.2) is 24.3 Å². The van der Waals surface area contributed by atoms with Gasteiger partial charge in [0.1, 0.15) is 0 Å². The molecule has 1 saturated heterocycles. The molecule has 0 bridgehead atoms. The highest BCUT2D eigenvalue weighted by Crippen LogP contribution is 2.37. The summed E-state index contributed by atoms with van der Waals surface area (Å²) < 4.78 is 33.3. The van der Waals surface area contributed by atoms with Gasteiger partial charge in [0.2, 0.25) is 10.0 Å². The van der Waals surface area contributed by atoms with Gasteiger partial charge >= 0.3 is 0 Å². The van der Waals surface area contributed by atoms with Crippen LogP contribution in [0.1, 0.15) is 59.1 Å². The van der Waals surface area contributed by atoms with Gasteiger partial charge in [0.05, 0.1) is 17.0 Å². The number of sulfonamides is 1. The lowest BCUT2D eigenvalue weighted by Crippen LogP contribution is -2.43. The SMILES string of the molecule is CC(C)NS(=O)(=O)Cc1ccccc1CNC1CC(C)(C)OC1(C)C. The summed E-state index contributed by atoms with van der Waals surface area (Å²) in [6.07, 6.45) is 0.926. The molecule has 1 aliphatic heterocycles. The normalized spacial score (nSPS) is 22.4. The van der Waals surface area contributed by atoms with E-state index < -0.39 is 10.0 Å². The average molecular weight is 369 g/mol. The van der Waals surface area contributed by atoms with Crippen molar-refractivity contribution in [2.75, 3.05) is 0 Å². The summed E-state index contributed by atoms with van der Waals surface area (Å²) in [5.41, 5.74) is 1.45. The average Bonchev–Trinajstić information content (AvgIpc) is 2.63. The largest absolute Gasteiger partial charge is 0.368 e. The minimum absolute atomic E-state index is 0.000907. The molecule has 0 aromatic heterocycles. The molecular formula is C19H32N2O3S. The van der Waals surface area contributed by atoms with E-state index in [1.807, 2.05) is 38.1 Å². The third kappa shape index (κ3) is 5.78. The predicted molar refractivity (Wildman–Crippen MR) is 102 cm³/mol. The van der Waals surface area contributed by atoms with Crippen molar-refractivity contribution in [3.8, 4) is 0 Å². The van der Waals surface area contributed by atoms with Crippen LogP contribution in [0.5, 0.6) is 0 Å². The molecule has 1 fully saturated rings. The third-order valence-corrected chi connectivity index (χ3v) is 6.01. The van der Waals surface area contributed by atoms with Gasteiger partial charge in [-0.05, 0) is 59.1 Å². The van der Waals surface area contributed by atoms with E-state index >= 15 is 0 Å². The van der Waals surface area contributed by atoms with Gasteiger partial charge in [-0.15, -0.1) is 0 Å². The lowest BCUT2D eigenvalue weighted by atomic mass is 9.94. The summed E-state index contributed by atoms with van der Waals surface area (Å²) >= 11 is 0. The first kappa shape index (κ1) is 20.4. The maximum Gasteiger partial charge on any atom is 0.216 e. The van der Waals surface area contributed by atoms with Crippen molar-refractivity contribution >= 4 is 10.0 Å². The zero-order valence-corrected chi connectivity index (χ0v) is 17.0. The summed E-state index contributed by atoms with van der Waals surface area (Å²) in [4.78, 5) is 0. The number of hydrogen-bond acceptors (Lipinski definition) is 4. The second kappa shape index (κ2) is 7.35. The highest BCUT2D eigenvalue weighted by molar-refractivity contribution is 7.88. The number of rotatable bonds is 7. The molecule has 25 heavy (non-hydrogen) atoms. The Hall–Kier alpha value is -0.950. The van der Waals surface area contributed by atoms with E-state index in [0.29, 0.717) is 6.54 Å². The first-order valence-corrected chi connectivity index (χ1v) is 10.6. The molecule has 2 rings (SSSR count). The van der Waals surface area contributed by atoms with Crippen molar-refractivity contribution in [2.24, 2.45) is 0 Å². The van der Waals surface area contributed by atoms with E-state index in [0.717, 1.165) is 17.5 Å². The minimum atomic E-state index is -3.34. The van der Waals surface area contributed by atoms with Crippen LogP contribution in [0, 0.1) is 0 Å². The number of ether oxygens (including phenoxy) is 1. The second-order valence-electron chi connectivity index (χ2n) is 8.40. The molecule has 0 radical (unpaired) electrons. The molecule has 0 amide bonds. The Kier molecular flexibility index (Phi) is 5.99. The Morgan fingerprint density at radius 2 is 1.76 bits per heavy atom. The zero-order chi connectivity index (χ0) is 18.9. The van der Waals surface area contributed by atoms with Gasteiger partial charge in [0.15, 0.2) is 0 Å². The molecule has 6 heteroatoms. The summed E-state index contributed by atoms with van der Waals surface area (Å²) in [7, 11) is -3.34. The van der Waals surface area contributed by atoms with Crippen molar-refractivity contribution in [3.63, 3.8) is 0 Å². The van der Waals surface area contributed by atoms with Crippen LogP contribution in [0.2, 0.25) is 0 Å². The van der Waals surface area contributed by atoms with Gasteiger partial charge in [-0.2, -0.15) is 0 Å². The summed E-state index contributed by atoms with van der Waals surface area (Å²) in [5, 5.41) is 3.57. The summed E-state index contributed by atoms with van der Waals surface area (Å²) in [6, 6.07) is 7.83. The maximum absolute atomic E-state index is 12.3. The number of benzene rings is 1. The molecule has 1 unspecified atom stereocenters. The van der Waals surface area contributed by atoms with Crippen LogP contribution >= 0.6 is 0 Å². The summed E-state index contributed by atoms with van der Waals surface area (Å²) in [6.45, 7) is 12.7. The van der Waals surface area contributed by atoms with Crippen LogP contribution in [-0.4, -0.2) is 31.7 Å². The van der Waals surface area contributed by atoms with Crippen molar-refractivity contribution in [1.29, 1.82) is 0 Å². The maximum atomic E-state index is 12.3. The number of hydrogen-bond donors (Lipinski definition) is 2. The Morgan fingerprint density at radius 3 is 2.28 bits per heavy atom. The highest BCUT2D eigenvalue weighted by Gasteiger charge is 2.45. The number of nitrogens with one attached hydrogen (secondary N) is 2. The van der Waals surface area contributed by atoms with Gasteiger partial charge in [-0.3, -0.25) is 0 Å². The fourth-order valence-corrected chi connectivity index (χ4v) is 5.08. The Balaban J connectivity index is 2.09. The molecule has 1 atom stereocenters. The second-order valence-corrected chi connectivity index (χ2v) is 10.2. The fourth-order valence-electron chi connectivity index (χ4n) is 3.59. The fraction of sp³-hybridized carbons (Fsp3) is 0.684. The zero-order valence-electron chi connectivity index (χ0n) is 16.2. The van der Waals surface area contributed by atoms with Crippen molar-refractivity contribution in [1.82, 2.24) is 10.0 Å². The Bertz CT molecular complexity index is 696. The molecular weight excluding hydrogens is 336 g/mol. The lowest BCUT2D eigenvalue weighted by Gasteiger charge is -2.28. The quantitative estimate of drug-likeness (QED) is 0.776. The van der Waals surface area contributed by atoms with E-state index in [1.165, 1.54) is 0 Å². The summed E-state index contributed by atoms with van der Waals surface area (Å²) in [5.74, 6) is -0.000907. The Labute approximate surface area is 152 Å². The molecule has 0 aliphatic carbocycles. The predicted octanol–water partition coefficient (Wildman–Crippen LogP) is 2.95. The van der Waals surface area contributed by atoms with Gasteiger partial charge in [0, 0.05) is 18.6 Å². The van der Waals surface area contributed by atoms with Crippen molar-refractivity contribution < 1.29 is 13.2 Å². The van der Waals surface area contributed by atoms with Crippen molar-refractivity contribution in [3.05, 3.63) is 35.4 Å². The first-order valence-electron chi connectivity index (χ1n) is 8.90. The van der Waals surface area contributed by atoms with Crippen LogP contribution in [-0.2, 0) is 27.1 Å². The van der Waals surface area contributed by atoms with E-state index in [-0.39, 0.29) is 29.0 Å². The van der Waals surface area contributed by atoms with E-state index in [1.54, 1.807) is 0 Å². The standard InChI is InChI=1S/C19H32N2O3S/c1-14(2)21-25(22,23)13-16-10-8-7-9-15(16)12-20-17-11-18(3,4)24-19(17,5)6/h7-10,14,17,20-21H,11-13H2,1-6H3. The van der Waals surface area contributed by atoms with Crippen molar-refractivity contribution in [2.45, 2.75) is 83.5 Å². The topological polar surface area (TPSA) is 67.4 Å². The molecule has 0 spiro atoms. The van der Waals surface area contributed by atoms with Gasteiger partial charge in [-0.1, -0.05) is 24.3 Å². The molecule has 2 N–H and O–H groups in total. The highest BCUT2D eigenvalue weighted by atomic mass is 32.2. The van der Waals surface area contributed by atoms with E-state index in [4.69, 9.17) is 4.74 Å². The van der Waals surface area contributed by atoms with Gasteiger partial charge in [0.25, 0.3) is 0 Å². The smallest absolute Gasteiger partial charge is 0.216 e. The molecule has 0 saturated carbocycles. The monoisotopic (exact) mass is 368 g/mol. The molecule has 1 aliphatic rings.